The first-order valence-corrected chi connectivity index (χ1v) is 4.68. The van der Waals surface area contributed by atoms with E-state index in [1.165, 1.54) is 18.4 Å². The van der Waals surface area contributed by atoms with Crippen LogP contribution in [0.3, 0.4) is 0 Å². The second-order valence-corrected chi connectivity index (χ2v) is 3.45. The molecule has 14 heavy (non-hydrogen) atoms. The summed E-state index contributed by atoms with van der Waals surface area (Å²) in [5.74, 6) is 0.871. The van der Waals surface area contributed by atoms with E-state index in [4.69, 9.17) is 4.52 Å². The molecule has 4 heteroatoms. The molecular weight excluding hydrogens is 200 g/mol. The van der Waals surface area contributed by atoms with Crippen LogP contribution < -0.4 is 5.32 Å². The van der Waals surface area contributed by atoms with Crippen LogP contribution in [0, 0.1) is 6.92 Å². The average molecular weight is 215 g/mol. The minimum Gasteiger partial charge on any atom is -0.357 e. The Hall–Kier alpha value is -0.800. The first-order valence-electron chi connectivity index (χ1n) is 4.68. The van der Waals surface area contributed by atoms with E-state index in [1.807, 2.05) is 13.0 Å². The molecule has 0 bridgehead atoms. The van der Waals surface area contributed by atoms with Crippen molar-refractivity contribution >= 4 is 18.5 Å². The average Bonchev–Trinajstić information content (AvgIpc) is 2.53. The van der Waals surface area contributed by atoms with Crippen molar-refractivity contribution in [1.29, 1.82) is 0 Å². The Morgan fingerprint density at radius 3 is 3.00 bits per heavy atom. The van der Waals surface area contributed by atoms with Gasteiger partial charge in [0, 0.05) is 12.6 Å². The van der Waals surface area contributed by atoms with Gasteiger partial charge in [-0.15, -0.1) is 12.4 Å². The summed E-state index contributed by atoms with van der Waals surface area (Å²) in [7, 11) is 0. The molecule has 0 atom stereocenters. The van der Waals surface area contributed by atoms with Gasteiger partial charge in [-0.1, -0.05) is 10.7 Å². The van der Waals surface area contributed by atoms with Gasteiger partial charge in [0.1, 0.15) is 0 Å². The van der Waals surface area contributed by atoms with Gasteiger partial charge in [-0.2, -0.15) is 0 Å². The maximum absolute atomic E-state index is 5.11. The molecule has 0 spiro atoms. The monoisotopic (exact) mass is 214 g/mol. The van der Waals surface area contributed by atoms with Gasteiger partial charge in [0.15, 0.2) is 5.76 Å². The zero-order chi connectivity index (χ0) is 9.10. The summed E-state index contributed by atoms with van der Waals surface area (Å²) in [4.78, 5) is 0. The fraction of sp³-hybridized carbons (Fsp3) is 0.500. The van der Waals surface area contributed by atoms with Gasteiger partial charge in [0.25, 0.3) is 0 Å². The molecule has 2 rings (SSSR count). The SMILES string of the molecule is Cc1cc(C=C2CCCNC2)on1.Cl. The molecule has 0 aromatic carbocycles. The van der Waals surface area contributed by atoms with Crippen molar-refractivity contribution in [3.63, 3.8) is 0 Å². The first-order chi connectivity index (χ1) is 6.34. The van der Waals surface area contributed by atoms with Crippen molar-refractivity contribution < 1.29 is 4.52 Å². The molecule has 0 aliphatic carbocycles. The van der Waals surface area contributed by atoms with Crippen LogP contribution in [-0.4, -0.2) is 18.2 Å². The molecule has 1 aromatic heterocycles. The third-order valence-electron chi connectivity index (χ3n) is 2.20. The van der Waals surface area contributed by atoms with Gasteiger partial charge in [-0.3, -0.25) is 0 Å². The molecule has 0 radical (unpaired) electrons. The normalized spacial score (nSPS) is 19.4. The summed E-state index contributed by atoms with van der Waals surface area (Å²) in [5.41, 5.74) is 2.35. The second kappa shape index (κ2) is 5.17. The number of hydrogen-bond acceptors (Lipinski definition) is 3. The predicted molar refractivity (Wildman–Crippen MR) is 58.6 cm³/mol. The number of piperidine rings is 1. The van der Waals surface area contributed by atoms with Crippen LogP contribution in [0.4, 0.5) is 0 Å². The highest BCUT2D eigenvalue weighted by molar-refractivity contribution is 5.85. The van der Waals surface area contributed by atoms with Gasteiger partial charge >= 0.3 is 0 Å². The second-order valence-electron chi connectivity index (χ2n) is 3.45. The number of aryl methyl sites for hydroxylation is 1. The highest BCUT2D eigenvalue weighted by Gasteiger charge is 2.05. The summed E-state index contributed by atoms with van der Waals surface area (Å²) in [6.07, 6.45) is 4.48. The van der Waals surface area contributed by atoms with Crippen molar-refractivity contribution in [2.75, 3.05) is 13.1 Å². The Kier molecular flexibility index (Phi) is 4.17. The van der Waals surface area contributed by atoms with Crippen LogP contribution in [-0.2, 0) is 0 Å². The highest BCUT2D eigenvalue weighted by atomic mass is 35.5. The van der Waals surface area contributed by atoms with Crippen molar-refractivity contribution in [3.8, 4) is 0 Å². The number of aromatic nitrogens is 1. The van der Waals surface area contributed by atoms with E-state index in [1.54, 1.807) is 0 Å². The van der Waals surface area contributed by atoms with Crippen LogP contribution >= 0.6 is 12.4 Å². The Bertz CT molecular complexity index is 312. The molecule has 0 saturated carbocycles. The van der Waals surface area contributed by atoms with E-state index in [9.17, 15) is 0 Å². The molecule has 1 saturated heterocycles. The molecule has 1 aromatic rings. The summed E-state index contributed by atoms with van der Waals surface area (Å²) >= 11 is 0. The molecule has 2 heterocycles. The molecule has 1 N–H and O–H groups in total. The van der Waals surface area contributed by atoms with Gasteiger partial charge in [-0.25, -0.2) is 0 Å². The fourth-order valence-electron chi connectivity index (χ4n) is 1.55. The molecule has 1 aliphatic heterocycles. The van der Waals surface area contributed by atoms with Crippen molar-refractivity contribution in [2.45, 2.75) is 19.8 Å². The molecule has 1 aliphatic rings. The van der Waals surface area contributed by atoms with Crippen LogP contribution in [0.15, 0.2) is 16.2 Å². The van der Waals surface area contributed by atoms with Gasteiger partial charge in [0.2, 0.25) is 0 Å². The number of hydrogen-bond donors (Lipinski definition) is 1. The van der Waals surface area contributed by atoms with Crippen molar-refractivity contribution in [2.24, 2.45) is 0 Å². The quantitative estimate of drug-likeness (QED) is 0.779. The maximum Gasteiger partial charge on any atom is 0.159 e. The van der Waals surface area contributed by atoms with E-state index in [0.29, 0.717) is 0 Å². The fourth-order valence-corrected chi connectivity index (χ4v) is 1.55. The van der Waals surface area contributed by atoms with Crippen LogP contribution in [0.25, 0.3) is 6.08 Å². The maximum atomic E-state index is 5.11. The Labute approximate surface area is 90.0 Å². The lowest BCUT2D eigenvalue weighted by Crippen LogP contribution is -2.23. The first kappa shape index (κ1) is 11.3. The molecule has 3 nitrogen and oxygen atoms in total. The van der Waals surface area contributed by atoms with Crippen molar-refractivity contribution in [1.82, 2.24) is 10.5 Å². The van der Waals surface area contributed by atoms with Crippen molar-refractivity contribution in [3.05, 3.63) is 23.1 Å². The highest BCUT2D eigenvalue weighted by Crippen LogP contribution is 2.14. The molecule has 1 fully saturated rings. The van der Waals surface area contributed by atoms with E-state index in [2.05, 4.69) is 16.5 Å². The topological polar surface area (TPSA) is 38.1 Å². The third-order valence-corrected chi connectivity index (χ3v) is 2.20. The zero-order valence-corrected chi connectivity index (χ0v) is 9.06. The van der Waals surface area contributed by atoms with Gasteiger partial charge < -0.3 is 9.84 Å². The van der Waals surface area contributed by atoms with E-state index >= 15 is 0 Å². The molecule has 0 amide bonds. The van der Waals surface area contributed by atoms with Gasteiger partial charge in [-0.05, 0) is 32.4 Å². The summed E-state index contributed by atoms with van der Waals surface area (Å²) < 4.78 is 5.11. The lowest BCUT2D eigenvalue weighted by molar-refractivity contribution is 0.407. The van der Waals surface area contributed by atoms with Crippen LogP contribution in [0.2, 0.25) is 0 Å². The van der Waals surface area contributed by atoms with Gasteiger partial charge in [0.05, 0.1) is 5.69 Å². The number of halogens is 1. The largest absolute Gasteiger partial charge is 0.357 e. The molecular formula is C10H15ClN2O. The van der Waals surface area contributed by atoms with Crippen LogP contribution in [0.1, 0.15) is 24.3 Å². The third kappa shape index (κ3) is 2.86. The van der Waals surface area contributed by atoms with Crippen LogP contribution in [0.5, 0.6) is 0 Å². The predicted octanol–water partition coefficient (Wildman–Crippen LogP) is 2.17. The van der Waals surface area contributed by atoms with E-state index in [0.717, 1.165) is 24.5 Å². The smallest absolute Gasteiger partial charge is 0.159 e. The summed E-state index contributed by atoms with van der Waals surface area (Å²) in [6.45, 7) is 4.05. The van der Waals surface area contributed by atoms with E-state index < -0.39 is 0 Å². The Balaban J connectivity index is 0.000000980. The summed E-state index contributed by atoms with van der Waals surface area (Å²) in [5, 5.41) is 7.17. The standard InChI is InChI=1S/C10H14N2O.ClH/c1-8-5-10(13-12-8)6-9-3-2-4-11-7-9;/h5-6,11H,2-4,7H2,1H3;1H. The molecule has 78 valence electrons. The summed E-state index contributed by atoms with van der Waals surface area (Å²) in [6, 6.07) is 1.96. The minimum absolute atomic E-state index is 0. The lowest BCUT2D eigenvalue weighted by Gasteiger charge is -2.14. The number of rotatable bonds is 1. The molecule has 0 unspecified atom stereocenters. The zero-order valence-electron chi connectivity index (χ0n) is 8.25. The Morgan fingerprint density at radius 1 is 1.57 bits per heavy atom. The Morgan fingerprint density at radius 2 is 2.43 bits per heavy atom. The lowest BCUT2D eigenvalue weighted by atomic mass is 10.1. The number of nitrogens with one attached hydrogen (secondary N) is 1. The van der Waals surface area contributed by atoms with E-state index in [-0.39, 0.29) is 12.4 Å². The number of nitrogens with zero attached hydrogens (tertiary/aromatic N) is 1. The minimum atomic E-state index is 0.